The van der Waals surface area contributed by atoms with Crippen molar-refractivity contribution < 1.29 is 23.7 Å². The molecule has 4 aromatic rings. The highest BCUT2D eigenvalue weighted by Crippen LogP contribution is 2.34. The summed E-state index contributed by atoms with van der Waals surface area (Å²) < 4.78 is 22.9. The Hall–Kier alpha value is -4.05. The second-order valence-corrected chi connectivity index (χ2v) is 8.02. The van der Waals surface area contributed by atoms with Crippen LogP contribution in [-0.2, 0) is 0 Å². The molecule has 1 N–H and O–H groups in total. The molecule has 0 fully saturated rings. The van der Waals surface area contributed by atoms with Crippen LogP contribution >= 0.6 is 11.3 Å². The van der Waals surface area contributed by atoms with E-state index in [0.717, 1.165) is 17.0 Å². The fourth-order valence-electron chi connectivity index (χ4n) is 3.39. The van der Waals surface area contributed by atoms with Gasteiger partial charge in [-0.05, 0) is 37.3 Å². The molecule has 0 aliphatic rings. The average molecular weight is 481 g/mol. The van der Waals surface area contributed by atoms with Crippen LogP contribution in [0.4, 0.5) is 5.82 Å². The first-order chi connectivity index (χ1) is 16.5. The van der Waals surface area contributed by atoms with Gasteiger partial charge >= 0.3 is 0 Å². The van der Waals surface area contributed by atoms with Crippen LogP contribution < -0.4 is 24.3 Å². The zero-order chi connectivity index (χ0) is 24.2. The summed E-state index contributed by atoms with van der Waals surface area (Å²) in [6.45, 7) is 1.85. The van der Waals surface area contributed by atoms with E-state index in [2.05, 4.69) is 10.4 Å². The normalized spacial score (nSPS) is 10.6. The smallest absolute Gasteiger partial charge is 0.260 e. The number of benzene rings is 2. The summed E-state index contributed by atoms with van der Waals surface area (Å²) in [4.78, 5) is 17.8. The van der Waals surface area contributed by atoms with Crippen LogP contribution in [-0.4, -0.2) is 49.1 Å². The molecule has 0 aliphatic heterocycles. The topological polar surface area (TPSA) is 96.7 Å². The van der Waals surface area contributed by atoms with E-state index in [-0.39, 0.29) is 5.91 Å². The lowest BCUT2D eigenvalue weighted by atomic mass is 10.1. The standard InChI is InChI=1S/C24H24N4O5S/c1-14-10-22(26-23(29)17-8-7-16(30-2)12-20(17)32-4)28(27-14)24-25-18(13-34-24)15-6-9-19(31-3)21(11-15)33-5/h6-13H,1-5H3,(H,26,29). The van der Waals surface area contributed by atoms with Crippen molar-refractivity contribution in [3.63, 3.8) is 0 Å². The summed E-state index contributed by atoms with van der Waals surface area (Å²) in [7, 11) is 6.24. The number of amides is 1. The van der Waals surface area contributed by atoms with Crippen LogP contribution in [0.2, 0.25) is 0 Å². The highest BCUT2D eigenvalue weighted by atomic mass is 32.1. The van der Waals surface area contributed by atoms with E-state index in [1.807, 2.05) is 30.5 Å². The van der Waals surface area contributed by atoms with E-state index in [0.29, 0.717) is 39.5 Å². The van der Waals surface area contributed by atoms with Gasteiger partial charge in [0, 0.05) is 23.1 Å². The molecule has 9 nitrogen and oxygen atoms in total. The van der Waals surface area contributed by atoms with Crippen LogP contribution in [0, 0.1) is 6.92 Å². The highest BCUT2D eigenvalue weighted by Gasteiger charge is 2.19. The number of nitrogens with zero attached hydrogens (tertiary/aromatic N) is 3. The van der Waals surface area contributed by atoms with Crippen molar-refractivity contribution in [3.05, 3.63) is 59.1 Å². The minimum Gasteiger partial charge on any atom is -0.497 e. The third kappa shape index (κ3) is 4.53. The van der Waals surface area contributed by atoms with Crippen LogP contribution in [0.25, 0.3) is 16.4 Å². The fourth-order valence-corrected chi connectivity index (χ4v) is 4.19. The number of ether oxygens (including phenoxy) is 4. The van der Waals surface area contributed by atoms with Gasteiger partial charge in [0.1, 0.15) is 17.3 Å². The van der Waals surface area contributed by atoms with Gasteiger partial charge in [0.25, 0.3) is 5.91 Å². The summed E-state index contributed by atoms with van der Waals surface area (Å²) >= 11 is 1.41. The van der Waals surface area contributed by atoms with E-state index in [1.54, 1.807) is 50.3 Å². The molecule has 0 bridgehead atoms. The number of aromatic nitrogens is 3. The number of anilines is 1. The van der Waals surface area contributed by atoms with Crippen molar-refractivity contribution in [3.8, 4) is 39.4 Å². The van der Waals surface area contributed by atoms with Gasteiger partial charge < -0.3 is 24.3 Å². The Balaban J connectivity index is 1.63. The second kappa shape index (κ2) is 9.84. The maximum atomic E-state index is 13.0. The molecule has 176 valence electrons. The van der Waals surface area contributed by atoms with E-state index >= 15 is 0 Å². The van der Waals surface area contributed by atoms with E-state index in [1.165, 1.54) is 18.4 Å². The van der Waals surface area contributed by atoms with Crippen molar-refractivity contribution in [2.75, 3.05) is 33.8 Å². The van der Waals surface area contributed by atoms with Gasteiger partial charge in [0.05, 0.1) is 45.4 Å². The molecule has 2 heterocycles. The SMILES string of the molecule is COc1ccc(C(=O)Nc2cc(C)nn2-c2nc(-c3ccc(OC)c(OC)c3)cs2)c(OC)c1. The molecule has 0 spiro atoms. The maximum absolute atomic E-state index is 13.0. The number of hydrogen-bond acceptors (Lipinski definition) is 8. The lowest BCUT2D eigenvalue weighted by Crippen LogP contribution is -2.16. The highest BCUT2D eigenvalue weighted by molar-refractivity contribution is 7.12. The van der Waals surface area contributed by atoms with Gasteiger partial charge in [-0.25, -0.2) is 4.98 Å². The quantitative estimate of drug-likeness (QED) is 0.394. The summed E-state index contributed by atoms with van der Waals surface area (Å²) in [6, 6.07) is 12.4. The Labute approximate surface area is 200 Å². The van der Waals surface area contributed by atoms with Gasteiger partial charge in [-0.3, -0.25) is 4.79 Å². The first-order valence-corrected chi connectivity index (χ1v) is 11.1. The first kappa shape index (κ1) is 23.1. The van der Waals surface area contributed by atoms with E-state index in [9.17, 15) is 4.79 Å². The number of nitrogens with one attached hydrogen (secondary N) is 1. The van der Waals surface area contributed by atoms with Crippen LogP contribution in [0.5, 0.6) is 23.0 Å². The molecule has 0 atom stereocenters. The number of aryl methyl sites for hydroxylation is 1. The van der Waals surface area contributed by atoms with Crippen LogP contribution in [0.3, 0.4) is 0 Å². The Morgan fingerprint density at radius 3 is 2.38 bits per heavy atom. The van der Waals surface area contributed by atoms with Crippen LogP contribution in [0.1, 0.15) is 16.1 Å². The number of hydrogen-bond donors (Lipinski definition) is 1. The maximum Gasteiger partial charge on any atom is 0.260 e. The largest absolute Gasteiger partial charge is 0.497 e. The molecule has 10 heteroatoms. The predicted octanol–water partition coefficient (Wildman–Crippen LogP) is 4.59. The monoisotopic (exact) mass is 480 g/mol. The average Bonchev–Trinajstić information content (AvgIpc) is 3.49. The third-order valence-corrected chi connectivity index (χ3v) is 5.90. The second-order valence-electron chi connectivity index (χ2n) is 7.19. The van der Waals surface area contributed by atoms with Gasteiger partial charge in [0.15, 0.2) is 11.5 Å². The van der Waals surface area contributed by atoms with Crippen molar-refractivity contribution in [1.82, 2.24) is 14.8 Å². The molecule has 2 aromatic carbocycles. The summed E-state index contributed by atoms with van der Waals surface area (Å²) in [5, 5.41) is 9.96. The summed E-state index contributed by atoms with van der Waals surface area (Å²) in [5.74, 6) is 2.42. The number of thiazole rings is 1. The number of carbonyl (C=O) groups excluding carboxylic acids is 1. The molecule has 0 unspecified atom stereocenters. The summed E-state index contributed by atoms with van der Waals surface area (Å²) in [5.41, 5.74) is 2.74. The van der Waals surface area contributed by atoms with Gasteiger partial charge in [-0.2, -0.15) is 9.78 Å². The van der Waals surface area contributed by atoms with Crippen molar-refractivity contribution in [2.45, 2.75) is 6.92 Å². The zero-order valence-electron chi connectivity index (χ0n) is 19.4. The molecule has 0 radical (unpaired) electrons. The molecule has 0 aliphatic carbocycles. The Kier molecular flexibility index (Phi) is 6.69. The van der Waals surface area contributed by atoms with Crippen molar-refractivity contribution in [1.29, 1.82) is 0 Å². The Morgan fingerprint density at radius 1 is 0.912 bits per heavy atom. The number of carbonyl (C=O) groups is 1. The van der Waals surface area contributed by atoms with Crippen LogP contribution in [0.15, 0.2) is 47.8 Å². The van der Waals surface area contributed by atoms with E-state index in [4.69, 9.17) is 23.9 Å². The number of rotatable bonds is 8. The fraction of sp³-hybridized carbons (Fsp3) is 0.208. The molecule has 34 heavy (non-hydrogen) atoms. The van der Waals surface area contributed by atoms with Gasteiger partial charge in [0.2, 0.25) is 5.13 Å². The Bertz CT molecular complexity index is 1330. The molecule has 0 saturated heterocycles. The first-order valence-electron chi connectivity index (χ1n) is 10.3. The molecule has 4 rings (SSSR count). The lowest BCUT2D eigenvalue weighted by Gasteiger charge is -2.11. The molecular weight excluding hydrogens is 456 g/mol. The minimum atomic E-state index is -0.336. The molecular formula is C24H24N4O5S. The van der Waals surface area contributed by atoms with Crippen molar-refractivity contribution in [2.24, 2.45) is 0 Å². The van der Waals surface area contributed by atoms with Gasteiger partial charge in [-0.1, -0.05) is 0 Å². The molecule has 1 amide bonds. The van der Waals surface area contributed by atoms with Gasteiger partial charge in [-0.15, -0.1) is 11.3 Å². The molecule has 0 saturated carbocycles. The number of methoxy groups -OCH3 is 4. The summed E-state index contributed by atoms with van der Waals surface area (Å²) in [6.07, 6.45) is 0. The van der Waals surface area contributed by atoms with Crippen molar-refractivity contribution >= 4 is 23.1 Å². The minimum absolute atomic E-state index is 0.336. The lowest BCUT2D eigenvalue weighted by molar-refractivity contribution is 0.102. The Morgan fingerprint density at radius 2 is 1.68 bits per heavy atom. The zero-order valence-corrected chi connectivity index (χ0v) is 20.2. The molecule has 2 aromatic heterocycles. The predicted molar refractivity (Wildman–Crippen MR) is 130 cm³/mol. The third-order valence-electron chi connectivity index (χ3n) is 5.08. The van der Waals surface area contributed by atoms with E-state index < -0.39 is 0 Å².